The van der Waals surface area contributed by atoms with E-state index < -0.39 is 0 Å². The van der Waals surface area contributed by atoms with Crippen molar-refractivity contribution < 1.29 is 4.74 Å². The maximum absolute atomic E-state index is 6.12. The van der Waals surface area contributed by atoms with Gasteiger partial charge < -0.3 is 15.0 Å². The Hall–Kier alpha value is -0.770. The summed E-state index contributed by atoms with van der Waals surface area (Å²) in [6.07, 6.45) is 1.94. The highest BCUT2D eigenvalue weighted by Gasteiger charge is 2.34. The first kappa shape index (κ1) is 17.3. The Kier molecular flexibility index (Phi) is 6.31. The lowest BCUT2D eigenvalue weighted by Gasteiger charge is -2.43. The molecule has 0 spiro atoms. The van der Waals surface area contributed by atoms with E-state index in [9.17, 15) is 0 Å². The van der Waals surface area contributed by atoms with Gasteiger partial charge in [-0.3, -0.25) is 0 Å². The molecule has 0 bridgehead atoms. The van der Waals surface area contributed by atoms with Crippen LogP contribution in [-0.4, -0.2) is 44.7 Å². The summed E-state index contributed by atoms with van der Waals surface area (Å²) in [5.74, 6) is 0.895. The molecule has 0 aliphatic rings. The molecule has 0 saturated heterocycles. The highest BCUT2D eigenvalue weighted by molar-refractivity contribution is 6.30. The summed E-state index contributed by atoms with van der Waals surface area (Å²) in [5, 5.41) is 4.20. The minimum absolute atomic E-state index is 0.0715. The second-order valence-electron chi connectivity index (χ2n) is 5.61. The third-order valence-electron chi connectivity index (χ3n) is 4.50. The zero-order valence-electron chi connectivity index (χ0n) is 13.5. The molecule has 0 heterocycles. The van der Waals surface area contributed by atoms with Gasteiger partial charge in [-0.15, -0.1) is 0 Å². The van der Waals surface area contributed by atoms with Gasteiger partial charge >= 0.3 is 0 Å². The summed E-state index contributed by atoms with van der Waals surface area (Å²) >= 11 is 6.12. The highest BCUT2D eigenvalue weighted by atomic mass is 35.5. The van der Waals surface area contributed by atoms with Crippen LogP contribution in [0.2, 0.25) is 5.02 Å². The topological polar surface area (TPSA) is 24.5 Å². The lowest BCUT2D eigenvalue weighted by molar-refractivity contribution is 0.116. The fourth-order valence-corrected chi connectivity index (χ4v) is 2.83. The standard InChI is InChI=1S/C16H27ClN2O/c1-7-16(2,19(4)5)15(18-3)11-12-10-13(17)8-9-14(12)20-6/h8-10,15,18H,7,11H2,1-6H3. The van der Waals surface area contributed by atoms with Crippen LogP contribution in [0.4, 0.5) is 0 Å². The average Bonchev–Trinajstić information content (AvgIpc) is 2.43. The van der Waals surface area contributed by atoms with Gasteiger partial charge in [0.2, 0.25) is 0 Å². The normalized spacial score (nSPS) is 16.0. The molecule has 1 rings (SSSR count). The average molecular weight is 299 g/mol. The predicted octanol–water partition coefficient (Wildman–Crippen LogP) is 3.21. The van der Waals surface area contributed by atoms with E-state index in [0.717, 1.165) is 29.2 Å². The van der Waals surface area contributed by atoms with Crippen molar-refractivity contribution in [2.45, 2.75) is 38.3 Å². The van der Waals surface area contributed by atoms with Gasteiger partial charge in [-0.1, -0.05) is 18.5 Å². The number of rotatable bonds is 7. The Morgan fingerprint density at radius 1 is 1.40 bits per heavy atom. The van der Waals surface area contributed by atoms with Crippen molar-refractivity contribution in [1.29, 1.82) is 0 Å². The van der Waals surface area contributed by atoms with Crippen LogP contribution in [0.15, 0.2) is 18.2 Å². The van der Waals surface area contributed by atoms with Crippen molar-refractivity contribution in [1.82, 2.24) is 10.2 Å². The molecule has 1 aromatic carbocycles. The zero-order valence-corrected chi connectivity index (χ0v) is 14.2. The molecular weight excluding hydrogens is 272 g/mol. The molecule has 0 aliphatic carbocycles. The lowest BCUT2D eigenvalue weighted by atomic mass is 9.84. The van der Waals surface area contributed by atoms with Crippen LogP contribution in [0.3, 0.4) is 0 Å². The van der Waals surface area contributed by atoms with Gasteiger partial charge in [0.1, 0.15) is 5.75 Å². The largest absolute Gasteiger partial charge is 0.496 e. The molecule has 0 fully saturated rings. The van der Waals surface area contributed by atoms with Gasteiger partial charge in [-0.05, 0) is 64.7 Å². The first-order valence-electron chi connectivity index (χ1n) is 7.06. The van der Waals surface area contributed by atoms with Crippen LogP contribution in [0, 0.1) is 0 Å². The van der Waals surface area contributed by atoms with Crippen LogP contribution in [0.25, 0.3) is 0 Å². The molecule has 1 aromatic rings. The second kappa shape index (κ2) is 7.30. The van der Waals surface area contributed by atoms with Crippen LogP contribution in [-0.2, 0) is 6.42 Å². The van der Waals surface area contributed by atoms with Gasteiger partial charge in [0.15, 0.2) is 0 Å². The van der Waals surface area contributed by atoms with E-state index in [0.29, 0.717) is 6.04 Å². The van der Waals surface area contributed by atoms with E-state index in [1.807, 2.05) is 25.2 Å². The number of hydrogen-bond donors (Lipinski definition) is 1. The third kappa shape index (κ3) is 3.66. The molecule has 0 saturated carbocycles. The quantitative estimate of drug-likeness (QED) is 0.836. The third-order valence-corrected chi connectivity index (χ3v) is 4.74. The summed E-state index contributed by atoms with van der Waals surface area (Å²) < 4.78 is 5.45. The number of ether oxygens (including phenoxy) is 1. The van der Waals surface area contributed by atoms with Crippen molar-refractivity contribution in [3.8, 4) is 5.75 Å². The first-order valence-corrected chi connectivity index (χ1v) is 7.44. The molecule has 3 nitrogen and oxygen atoms in total. The smallest absolute Gasteiger partial charge is 0.122 e. The van der Waals surface area contributed by atoms with Crippen LogP contribution in [0.5, 0.6) is 5.75 Å². The number of hydrogen-bond acceptors (Lipinski definition) is 3. The van der Waals surface area contributed by atoms with E-state index in [1.54, 1.807) is 7.11 Å². The van der Waals surface area contributed by atoms with Crippen molar-refractivity contribution >= 4 is 11.6 Å². The molecule has 114 valence electrons. The van der Waals surface area contributed by atoms with Crippen molar-refractivity contribution in [2.24, 2.45) is 0 Å². The number of benzene rings is 1. The predicted molar refractivity (Wildman–Crippen MR) is 86.9 cm³/mol. The van der Waals surface area contributed by atoms with E-state index in [-0.39, 0.29) is 5.54 Å². The summed E-state index contributed by atoms with van der Waals surface area (Å²) in [5.41, 5.74) is 1.21. The molecule has 2 atom stereocenters. The number of methoxy groups -OCH3 is 1. The monoisotopic (exact) mass is 298 g/mol. The fraction of sp³-hybridized carbons (Fsp3) is 0.625. The first-order chi connectivity index (χ1) is 9.38. The van der Waals surface area contributed by atoms with Gasteiger partial charge in [-0.2, -0.15) is 0 Å². The van der Waals surface area contributed by atoms with Crippen LogP contribution in [0.1, 0.15) is 25.8 Å². The zero-order chi connectivity index (χ0) is 15.3. The van der Waals surface area contributed by atoms with Crippen molar-refractivity contribution in [3.63, 3.8) is 0 Å². The Bertz CT molecular complexity index is 436. The van der Waals surface area contributed by atoms with Crippen molar-refractivity contribution in [3.05, 3.63) is 28.8 Å². The van der Waals surface area contributed by atoms with E-state index >= 15 is 0 Å². The Labute approximate surface area is 128 Å². The summed E-state index contributed by atoms with van der Waals surface area (Å²) in [6.45, 7) is 4.50. The maximum Gasteiger partial charge on any atom is 0.122 e. The molecule has 0 aliphatic heterocycles. The molecule has 0 amide bonds. The Morgan fingerprint density at radius 2 is 2.05 bits per heavy atom. The summed E-state index contributed by atoms with van der Waals surface area (Å²) in [4.78, 5) is 2.28. The molecule has 0 aromatic heterocycles. The van der Waals surface area contributed by atoms with Gasteiger partial charge in [0.05, 0.1) is 7.11 Å². The summed E-state index contributed by atoms with van der Waals surface area (Å²) in [7, 11) is 7.97. The van der Waals surface area contributed by atoms with Crippen LogP contribution >= 0.6 is 11.6 Å². The summed E-state index contributed by atoms with van der Waals surface area (Å²) in [6, 6.07) is 6.11. The maximum atomic E-state index is 6.12. The second-order valence-corrected chi connectivity index (χ2v) is 6.04. The number of likely N-dealkylation sites (N-methyl/N-ethyl adjacent to an activating group) is 2. The minimum atomic E-state index is 0.0715. The number of nitrogens with zero attached hydrogens (tertiary/aromatic N) is 1. The molecular formula is C16H27ClN2O. The van der Waals surface area contributed by atoms with Gasteiger partial charge in [-0.25, -0.2) is 0 Å². The van der Waals surface area contributed by atoms with E-state index in [1.165, 1.54) is 0 Å². The molecule has 2 unspecified atom stereocenters. The van der Waals surface area contributed by atoms with Gasteiger partial charge in [0.25, 0.3) is 0 Å². The Balaban J connectivity index is 3.07. The lowest BCUT2D eigenvalue weighted by Crippen LogP contribution is -2.56. The number of nitrogens with one attached hydrogen (secondary N) is 1. The van der Waals surface area contributed by atoms with Gasteiger partial charge in [0, 0.05) is 16.6 Å². The molecule has 1 N–H and O–H groups in total. The van der Waals surface area contributed by atoms with Crippen molar-refractivity contribution in [2.75, 3.05) is 28.3 Å². The molecule has 4 heteroatoms. The molecule has 20 heavy (non-hydrogen) atoms. The minimum Gasteiger partial charge on any atom is -0.496 e. The Morgan fingerprint density at radius 3 is 2.50 bits per heavy atom. The van der Waals surface area contributed by atoms with E-state index in [4.69, 9.17) is 16.3 Å². The van der Waals surface area contributed by atoms with Crippen LogP contribution < -0.4 is 10.1 Å². The SMILES string of the molecule is CCC(C)(C(Cc1cc(Cl)ccc1OC)NC)N(C)C. The fourth-order valence-electron chi connectivity index (χ4n) is 2.63. The highest BCUT2D eigenvalue weighted by Crippen LogP contribution is 2.29. The number of halogens is 1. The van der Waals surface area contributed by atoms with E-state index in [2.05, 4.69) is 38.2 Å². The molecule has 0 radical (unpaired) electrons.